The van der Waals surface area contributed by atoms with Crippen molar-refractivity contribution in [2.75, 3.05) is 0 Å². The van der Waals surface area contributed by atoms with Crippen LogP contribution in [0.25, 0.3) is 11.1 Å². The van der Waals surface area contributed by atoms with Gasteiger partial charge in [-0.05, 0) is 58.5 Å². The van der Waals surface area contributed by atoms with Crippen LogP contribution in [-0.4, -0.2) is 14.2 Å². The summed E-state index contributed by atoms with van der Waals surface area (Å²) < 4.78 is 27.1. The highest BCUT2D eigenvalue weighted by Gasteiger charge is 2.22. The van der Waals surface area contributed by atoms with Crippen LogP contribution in [0, 0.1) is 0 Å². The van der Waals surface area contributed by atoms with Crippen molar-refractivity contribution in [1.82, 2.24) is 0 Å². The number of hydrogen-bond donors (Lipinski definition) is 0. The van der Waals surface area contributed by atoms with Gasteiger partial charge in [0, 0.05) is 20.9 Å². The molecule has 0 aliphatic carbocycles. The summed E-state index contributed by atoms with van der Waals surface area (Å²) in [6.07, 6.45) is 0. The normalized spacial score (nSPS) is 11.8. The van der Waals surface area contributed by atoms with Gasteiger partial charge in [-0.1, -0.05) is 124 Å². The van der Waals surface area contributed by atoms with E-state index < -0.39 is 9.84 Å². The zero-order chi connectivity index (χ0) is 28.3. The number of ketones is 1. The van der Waals surface area contributed by atoms with Crippen molar-refractivity contribution in [2.45, 2.75) is 45.8 Å². The van der Waals surface area contributed by atoms with Crippen molar-refractivity contribution in [3.8, 4) is 11.1 Å². The van der Waals surface area contributed by atoms with E-state index in [1.165, 1.54) is 17.3 Å². The minimum atomic E-state index is -3.72. The number of hydrogen-bond acceptors (Lipinski definition) is 4. The maximum Gasteiger partial charge on any atom is 0.207 e. The summed E-state index contributed by atoms with van der Waals surface area (Å²) in [7, 11) is -3.72. The lowest BCUT2D eigenvalue weighted by Gasteiger charge is -2.19. The lowest BCUT2D eigenvalue weighted by Crippen LogP contribution is -2.11. The summed E-state index contributed by atoms with van der Waals surface area (Å²) in [5, 5.41) is 0. The zero-order valence-electron chi connectivity index (χ0n) is 22.7. The number of benzene rings is 5. The number of sulfone groups is 1. The summed E-state index contributed by atoms with van der Waals surface area (Å²) in [5.74, 6) is -0.0273. The molecule has 0 saturated carbocycles. The molecule has 200 valence electrons. The highest BCUT2D eigenvalue weighted by Crippen LogP contribution is 2.35. The molecule has 5 aromatic carbocycles. The Morgan fingerprint density at radius 3 is 1.68 bits per heavy atom. The smallest absolute Gasteiger partial charge is 0.207 e. The van der Waals surface area contributed by atoms with Crippen molar-refractivity contribution in [3.63, 3.8) is 0 Å². The maximum absolute atomic E-state index is 13.6. The van der Waals surface area contributed by atoms with Crippen LogP contribution in [0.5, 0.6) is 0 Å². The maximum atomic E-state index is 13.6. The standard InChI is InChI=1S/C35H30O3S2/c1-35(2,3)29-21-17-28(18-22-29)34(36)27-15-13-25(14-16-27)26-19-23-31(24-20-26)40(37,38)33-12-8-7-11-32(33)39-30-9-5-4-6-10-30/h4-24H,1-3H3. The van der Waals surface area contributed by atoms with Gasteiger partial charge in [0.25, 0.3) is 0 Å². The quantitative estimate of drug-likeness (QED) is 0.186. The third-order valence-corrected chi connectivity index (χ3v) is 9.81. The molecule has 0 aliphatic heterocycles. The van der Waals surface area contributed by atoms with Crippen LogP contribution in [-0.2, 0) is 15.3 Å². The molecule has 0 amide bonds. The summed E-state index contributed by atoms with van der Waals surface area (Å²) in [6.45, 7) is 6.44. The van der Waals surface area contributed by atoms with Gasteiger partial charge in [-0.15, -0.1) is 0 Å². The molecule has 0 atom stereocenters. The highest BCUT2D eigenvalue weighted by molar-refractivity contribution is 8.00. The van der Waals surface area contributed by atoms with Gasteiger partial charge in [0.15, 0.2) is 5.78 Å². The molecule has 0 spiro atoms. The predicted octanol–water partition coefficient (Wildman–Crippen LogP) is 8.87. The second kappa shape index (κ2) is 11.3. The molecule has 0 aromatic heterocycles. The Balaban J connectivity index is 1.35. The average molecular weight is 563 g/mol. The molecule has 5 rings (SSSR count). The molecule has 0 heterocycles. The Kier molecular flexibility index (Phi) is 7.79. The molecule has 0 unspecified atom stereocenters. The first kappa shape index (κ1) is 27.6. The molecular formula is C35H30O3S2. The minimum Gasteiger partial charge on any atom is -0.289 e. The van der Waals surface area contributed by atoms with Gasteiger partial charge in [0.1, 0.15) is 0 Å². The molecule has 5 heteroatoms. The van der Waals surface area contributed by atoms with Crippen LogP contribution in [0.3, 0.4) is 0 Å². The first-order valence-electron chi connectivity index (χ1n) is 13.1. The third-order valence-electron chi connectivity index (χ3n) is 6.77. The molecule has 5 aromatic rings. The Labute approximate surface area is 240 Å². The SMILES string of the molecule is CC(C)(C)c1ccc(C(=O)c2ccc(-c3ccc(S(=O)(=O)c4ccccc4Sc4ccccc4)cc3)cc2)cc1. The molecule has 40 heavy (non-hydrogen) atoms. The summed E-state index contributed by atoms with van der Waals surface area (Å²) in [5.41, 5.74) is 4.26. The van der Waals surface area contributed by atoms with Crippen LogP contribution in [0.15, 0.2) is 147 Å². The summed E-state index contributed by atoms with van der Waals surface area (Å²) >= 11 is 1.43. The fourth-order valence-electron chi connectivity index (χ4n) is 4.43. The lowest BCUT2D eigenvalue weighted by atomic mass is 9.86. The Morgan fingerprint density at radius 2 is 1.10 bits per heavy atom. The largest absolute Gasteiger partial charge is 0.289 e. The van der Waals surface area contributed by atoms with E-state index in [1.54, 1.807) is 24.3 Å². The van der Waals surface area contributed by atoms with Crippen LogP contribution in [0.1, 0.15) is 42.3 Å². The minimum absolute atomic E-state index is 0.0273. The van der Waals surface area contributed by atoms with Crippen molar-refractivity contribution < 1.29 is 13.2 Å². The second-order valence-corrected chi connectivity index (χ2v) is 13.7. The number of carbonyl (C=O) groups is 1. The van der Waals surface area contributed by atoms with Gasteiger partial charge in [-0.2, -0.15) is 0 Å². The summed E-state index contributed by atoms with van der Waals surface area (Å²) in [6, 6.07) is 38.9. The lowest BCUT2D eigenvalue weighted by molar-refractivity contribution is 0.103. The van der Waals surface area contributed by atoms with Gasteiger partial charge in [-0.25, -0.2) is 8.42 Å². The van der Waals surface area contributed by atoms with Crippen LogP contribution >= 0.6 is 11.8 Å². The van der Waals surface area contributed by atoms with Gasteiger partial charge < -0.3 is 0 Å². The van der Waals surface area contributed by atoms with E-state index in [0.717, 1.165) is 16.0 Å². The fourth-order valence-corrected chi connectivity index (χ4v) is 7.08. The molecule has 0 radical (unpaired) electrons. The first-order chi connectivity index (χ1) is 19.1. The number of rotatable bonds is 7. The van der Waals surface area contributed by atoms with Crippen molar-refractivity contribution >= 4 is 27.4 Å². The second-order valence-electron chi connectivity index (χ2n) is 10.6. The van der Waals surface area contributed by atoms with E-state index in [0.29, 0.717) is 16.0 Å². The molecule has 0 bridgehead atoms. The van der Waals surface area contributed by atoms with Crippen molar-refractivity contribution in [1.29, 1.82) is 0 Å². The first-order valence-corrected chi connectivity index (χ1v) is 15.4. The molecular weight excluding hydrogens is 533 g/mol. The highest BCUT2D eigenvalue weighted by atomic mass is 32.2. The van der Waals surface area contributed by atoms with E-state index >= 15 is 0 Å². The van der Waals surface area contributed by atoms with Crippen molar-refractivity contribution in [2.24, 2.45) is 0 Å². The number of carbonyl (C=O) groups excluding carboxylic acids is 1. The topological polar surface area (TPSA) is 51.2 Å². The van der Waals surface area contributed by atoms with E-state index in [4.69, 9.17) is 0 Å². The van der Waals surface area contributed by atoms with E-state index in [2.05, 4.69) is 20.8 Å². The fraction of sp³-hybridized carbons (Fsp3) is 0.114. The van der Waals surface area contributed by atoms with Crippen LogP contribution in [0.4, 0.5) is 0 Å². The van der Waals surface area contributed by atoms with Crippen LogP contribution < -0.4 is 0 Å². The Morgan fingerprint density at radius 1 is 0.600 bits per heavy atom. The van der Waals surface area contributed by atoms with Gasteiger partial charge in [0.05, 0.1) is 9.79 Å². The van der Waals surface area contributed by atoms with E-state index in [-0.39, 0.29) is 21.0 Å². The monoisotopic (exact) mass is 562 g/mol. The Hall–Kier alpha value is -3.93. The molecule has 0 aliphatic rings. The molecule has 3 nitrogen and oxygen atoms in total. The molecule has 0 N–H and O–H groups in total. The summed E-state index contributed by atoms with van der Waals surface area (Å²) in [4.78, 5) is 15.2. The molecule has 0 saturated heterocycles. The van der Waals surface area contributed by atoms with Gasteiger partial charge >= 0.3 is 0 Å². The zero-order valence-corrected chi connectivity index (χ0v) is 24.3. The van der Waals surface area contributed by atoms with E-state index in [9.17, 15) is 13.2 Å². The average Bonchev–Trinajstić information content (AvgIpc) is 2.97. The Bertz CT molecular complexity index is 1730. The molecule has 0 fully saturated rings. The third kappa shape index (κ3) is 5.96. The van der Waals surface area contributed by atoms with Gasteiger partial charge in [-0.3, -0.25) is 4.79 Å². The van der Waals surface area contributed by atoms with Gasteiger partial charge in [0.2, 0.25) is 9.84 Å². The van der Waals surface area contributed by atoms with Crippen LogP contribution in [0.2, 0.25) is 0 Å². The predicted molar refractivity (Wildman–Crippen MR) is 163 cm³/mol. The van der Waals surface area contributed by atoms with Crippen molar-refractivity contribution in [3.05, 3.63) is 144 Å². The van der Waals surface area contributed by atoms with E-state index in [1.807, 2.05) is 103 Å².